The summed E-state index contributed by atoms with van der Waals surface area (Å²) in [6.07, 6.45) is 1.27. The minimum Gasteiger partial charge on any atom is -0.338 e. The molecule has 0 aliphatic heterocycles. The van der Waals surface area contributed by atoms with Crippen LogP contribution in [0.1, 0.15) is 46.1 Å². The lowest BCUT2D eigenvalue weighted by Crippen LogP contribution is -2.33. The molecule has 0 aromatic heterocycles. The number of hydrogen-bond acceptors (Lipinski definition) is 1. The standard InChI is InChI=1S/C16H23F2NO/c1-5-8-19(15(20)10-16(2,3)4)11-12-6-7-13(17)14(18)9-12/h6-7,9H,5,8,10-11H2,1-4H3. The number of amides is 1. The predicted molar refractivity (Wildman–Crippen MR) is 76.1 cm³/mol. The molecule has 0 unspecified atom stereocenters. The fourth-order valence-electron chi connectivity index (χ4n) is 1.99. The Labute approximate surface area is 119 Å². The average Bonchev–Trinajstić information content (AvgIpc) is 2.31. The monoisotopic (exact) mass is 283 g/mol. The molecule has 0 N–H and O–H groups in total. The molecule has 1 aromatic rings. The van der Waals surface area contributed by atoms with E-state index < -0.39 is 11.6 Å². The Hall–Kier alpha value is -1.45. The van der Waals surface area contributed by atoms with Gasteiger partial charge in [-0.2, -0.15) is 0 Å². The summed E-state index contributed by atoms with van der Waals surface area (Å²) in [5, 5.41) is 0. The van der Waals surface area contributed by atoms with Crippen molar-refractivity contribution in [1.29, 1.82) is 0 Å². The van der Waals surface area contributed by atoms with E-state index in [-0.39, 0.29) is 11.3 Å². The average molecular weight is 283 g/mol. The molecule has 0 atom stereocenters. The van der Waals surface area contributed by atoms with Gasteiger partial charge in [-0.05, 0) is 29.5 Å². The molecule has 112 valence electrons. The lowest BCUT2D eigenvalue weighted by molar-refractivity contribution is -0.133. The Morgan fingerprint density at radius 3 is 2.35 bits per heavy atom. The van der Waals surface area contributed by atoms with Crippen LogP contribution in [0.3, 0.4) is 0 Å². The summed E-state index contributed by atoms with van der Waals surface area (Å²) in [6, 6.07) is 3.77. The second kappa shape index (κ2) is 6.82. The maximum absolute atomic E-state index is 13.2. The zero-order chi connectivity index (χ0) is 15.3. The van der Waals surface area contributed by atoms with Gasteiger partial charge >= 0.3 is 0 Å². The van der Waals surface area contributed by atoms with E-state index in [2.05, 4.69) is 0 Å². The van der Waals surface area contributed by atoms with Gasteiger partial charge in [0.2, 0.25) is 5.91 Å². The van der Waals surface area contributed by atoms with Gasteiger partial charge in [0.25, 0.3) is 0 Å². The fraction of sp³-hybridized carbons (Fsp3) is 0.562. The second-order valence-corrected chi connectivity index (χ2v) is 6.30. The van der Waals surface area contributed by atoms with Crippen molar-refractivity contribution in [3.05, 3.63) is 35.4 Å². The fourth-order valence-corrected chi connectivity index (χ4v) is 1.99. The summed E-state index contributed by atoms with van der Waals surface area (Å²) < 4.78 is 26.1. The molecule has 0 spiro atoms. The normalized spacial score (nSPS) is 11.5. The molecule has 1 rings (SSSR count). The molecular weight excluding hydrogens is 260 g/mol. The summed E-state index contributed by atoms with van der Waals surface area (Å²) in [6.45, 7) is 8.95. The van der Waals surface area contributed by atoms with Crippen molar-refractivity contribution in [2.24, 2.45) is 5.41 Å². The number of hydrogen-bond donors (Lipinski definition) is 0. The Morgan fingerprint density at radius 1 is 1.20 bits per heavy atom. The van der Waals surface area contributed by atoms with Crippen molar-refractivity contribution in [1.82, 2.24) is 4.90 Å². The highest BCUT2D eigenvalue weighted by molar-refractivity contribution is 5.76. The molecule has 0 aliphatic carbocycles. The van der Waals surface area contributed by atoms with Gasteiger partial charge < -0.3 is 4.90 Å². The van der Waals surface area contributed by atoms with Gasteiger partial charge in [-0.25, -0.2) is 8.78 Å². The molecule has 1 amide bonds. The van der Waals surface area contributed by atoms with Crippen LogP contribution >= 0.6 is 0 Å². The smallest absolute Gasteiger partial charge is 0.223 e. The zero-order valence-corrected chi connectivity index (χ0v) is 12.7. The van der Waals surface area contributed by atoms with Gasteiger partial charge in [0, 0.05) is 19.5 Å². The first-order valence-corrected chi connectivity index (χ1v) is 6.94. The van der Waals surface area contributed by atoms with Crippen molar-refractivity contribution in [3.63, 3.8) is 0 Å². The topological polar surface area (TPSA) is 20.3 Å². The molecule has 0 heterocycles. The maximum Gasteiger partial charge on any atom is 0.223 e. The van der Waals surface area contributed by atoms with Crippen molar-refractivity contribution in [2.45, 2.75) is 47.1 Å². The van der Waals surface area contributed by atoms with Gasteiger partial charge in [-0.3, -0.25) is 4.79 Å². The van der Waals surface area contributed by atoms with E-state index in [1.807, 2.05) is 27.7 Å². The minimum absolute atomic E-state index is 0.0454. The Bertz CT molecular complexity index is 466. The molecular formula is C16H23F2NO. The van der Waals surface area contributed by atoms with E-state index in [9.17, 15) is 13.6 Å². The number of benzene rings is 1. The van der Waals surface area contributed by atoms with Gasteiger partial charge in [0.15, 0.2) is 11.6 Å². The summed E-state index contributed by atoms with van der Waals surface area (Å²) in [7, 11) is 0. The molecule has 0 bridgehead atoms. The largest absolute Gasteiger partial charge is 0.338 e. The van der Waals surface area contributed by atoms with Crippen molar-refractivity contribution >= 4 is 5.91 Å². The lowest BCUT2D eigenvalue weighted by atomic mass is 9.91. The van der Waals surface area contributed by atoms with Gasteiger partial charge in [-0.1, -0.05) is 33.8 Å². The summed E-state index contributed by atoms with van der Waals surface area (Å²) in [5.74, 6) is -1.69. The van der Waals surface area contributed by atoms with E-state index >= 15 is 0 Å². The first-order chi connectivity index (χ1) is 9.23. The molecule has 1 aromatic carbocycles. The van der Waals surface area contributed by atoms with Gasteiger partial charge in [0.1, 0.15) is 0 Å². The number of carbonyl (C=O) groups is 1. The van der Waals surface area contributed by atoms with Gasteiger partial charge in [0.05, 0.1) is 0 Å². The highest BCUT2D eigenvalue weighted by atomic mass is 19.2. The van der Waals surface area contributed by atoms with Crippen LogP contribution in [-0.4, -0.2) is 17.4 Å². The predicted octanol–water partition coefficient (Wildman–Crippen LogP) is 4.14. The van der Waals surface area contributed by atoms with Crippen LogP contribution in [0.15, 0.2) is 18.2 Å². The lowest BCUT2D eigenvalue weighted by Gasteiger charge is -2.26. The number of halogens is 2. The summed E-state index contributed by atoms with van der Waals surface area (Å²) in [5.41, 5.74) is 0.525. The van der Waals surface area contributed by atoms with E-state index in [4.69, 9.17) is 0 Å². The molecule has 20 heavy (non-hydrogen) atoms. The van der Waals surface area contributed by atoms with Crippen LogP contribution in [0.4, 0.5) is 8.78 Å². The Kier molecular flexibility index (Phi) is 5.66. The maximum atomic E-state index is 13.2. The van der Waals surface area contributed by atoms with Crippen molar-refractivity contribution < 1.29 is 13.6 Å². The van der Waals surface area contributed by atoms with E-state index in [1.165, 1.54) is 6.07 Å². The molecule has 2 nitrogen and oxygen atoms in total. The summed E-state index contributed by atoms with van der Waals surface area (Å²) in [4.78, 5) is 14.0. The molecule has 0 saturated heterocycles. The third-order valence-corrected chi connectivity index (χ3v) is 2.89. The van der Waals surface area contributed by atoms with Crippen LogP contribution in [0, 0.1) is 17.0 Å². The highest BCUT2D eigenvalue weighted by Gasteiger charge is 2.21. The molecule has 0 saturated carbocycles. The van der Waals surface area contributed by atoms with Crippen LogP contribution in [-0.2, 0) is 11.3 Å². The van der Waals surface area contributed by atoms with Crippen molar-refractivity contribution in [2.75, 3.05) is 6.54 Å². The Balaban J connectivity index is 2.80. The van der Waals surface area contributed by atoms with E-state index in [0.29, 0.717) is 25.1 Å². The Morgan fingerprint density at radius 2 is 1.85 bits per heavy atom. The number of rotatable bonds is 5. The number of nitrogens with zero attached hydrogens (tertiary/aromatic N) is 1. The minimum atomic E-state index is -0.873. The molecule has 0 fully saturated rings. The van der Waals surface area contributed by atoms with Gasteiger partial charge in [-0.15, -0.1) is 0 Å². The molecule has 0 aliphatic rings. The highest BCUT2D eigenvalue weighted by Crippen LogP contribution is 2.21. The SMILES string of the molecule is CCCN(Cc1ccc(F)c(F)c1)C(=O)CC(C)(C)C. The van der Waals surface area contributed by atoms with Crippen LogP contribution in [0.2, 0.25) is 0 Å². The van der Waals surface area contributed by atoms with Crippen LogP contribution in [0.5, 0.6) is 0 Å². The first kappa shape index (κ1) is 16.6. The summed E-state index contributed by atoms with van der Waals surface area (Å²) >= 11 is 0. The van der Waals surface area contributed by atoms with E-state index in [0.717, 1.165) is 18.6 Å². The first-order valence-electron chi connectivity index (χ1n) is 6.94. The molecule has 0 radical (unpaired) electrons. The third kappa shape index (κ3) is 5.27. The number of carbonyl (C=O) groups excluding carboxylic acids is 1. The van der Waals surface area contributed by atoms with Crippen LogP contribution in [0.25, 0.3) is 0 Å². The van der Waals surface area contributed by atoms with Crippen LogP contribution < -0.4 is 0 Å². The van der Waals surface area contributed by atoms with Crippen molar-refractivity contribution in [3.8, 4) is 0 Å². The molecule has 4 heteroatoms. The second-order valence-electron chi connectivity index (χ2n) is 6.30. The van der Waals surface area contributed by atoms with E-state index in [1.54, 1.807) is 4.90 Å². The third-order valence-electron chi connectivity index (χ3n) is 2.89. The zero-order valence-electron chi connectivity index (χ0n) is 12.7. The quantitative estimate of drug-likeness (QED) is 0.795.